The number of benzene rings is 1. The van der Waals surface area contributed by atoms with E-state index in [1.165, 1.54) is 23.5 Å². The number of methoxy groups -OCH3 is 1. The first kappa shape index (κ1) is 18.7. The average molecular weight is 355 g/mol. The predicted molar refractivity (Wildman–Crippen MR) is 92.5 cm³/mol. The van der Waals surface area contributed by atoms with Gasteiger partial charge in [0.2, 0.25) is 15.9 Å². The van der Waals surface area contributed by atoms with E-state index in [1.807, 2.05) is 0 Å². The molecule has 2 rings (SSSR count). The topological polar surface area (TPSA) is 102 Å². The molecule has 8 heteroatoms. The normalized spacial score (nSPS) is 16.7. The number of anilines is 1. The van der Waals surface area contributed by atoms with E-state index in [9.17, 15) is 13.2 Å². The smallest absolute Gasteiger partial charge is 0.246 e. The lowest BCUT2D eigenvalue weighted by Crippen LogP contribution is -2.45. The van der Waals surface area contributed by atoms with Crippen LogP contribution in [0.5, 0.6) is 5.75 Å². The van der Waals surface area contributed by atoms with Crippen molar-refractivity contribution in [1.29, 1.82) is 0 Å². The molecule has 0 spiro atoms. The summed E-state index contributed by atoms with van der Waals surface area (Å²) in [6, 6.07) is 4.56. The highest BCUT2D eigenvalue weighted by molar-refractivity contribution is 7.89. The minimum absolute atomic E-state index is 0.0551. The van der Waals surface area contributed by atoms with Crippen LogP contribution in [0.4, 0.5) is 5.69 Å². The number of nitrogens with one attached hydrogen (secondary N) is 1. The Morgan fingerprint density at radius 1 is 1.25 bits per heavy atom. The number of rotatable bonds is 5. The molecule has 1 amide bonds. The predicted octanol–water partition coefficient (Wildman–Crippen LogP) is 1.55. The maximum atomic E-state index is 12.9. The third-order valence-electron chi connectivity index (χ3n) is 3.94. The lowest BCUT2D eigenvalue weighted by atomic mass is 10.1. The number of nitrogens with zero attached hydrogens (tertiary/aromatic N) is 1. The van der Waals surface area contributed by atoms with Gasteiger partial charge in [-0.3, -0.25) is 4.79 Å². The highest BCUT2D eigenvalue weighted by atomic mass is 32.2. The van der Waals surface area contributed by atoms with Crippen LogP contribution in [-0.4, -0.2) is 44.4 Å². The molecular formula is C16H25N3O4S. The second kappa shape index (κ2) is 7.08. The molecule has 3 N–H and O–H groups in total. The Kier molecular flexibility index (Phi) is 5.52. The van der Waals surface area contributed by atoms with Crippen LogP contribution < -0.4 is 15.8 Å². The zero-order valence-electron chi connectivity index (χ0n) is 14.3. The fourth-order valence-electron chi connectivity index (χ4n) is 2.49. The lowest BCUT2D eigenvalue weighted by Gasteiger charge is -2.27. The molecule has 1 heterocycles. The van der Waals surface area contributed by atoms with E-state index in [-0.39, 0.29) is 10.6 Å². The molecule has 0 unspecified atom stereocenters. The molecule has 1 aromatic carbocycles. The first-order valence-electron chi connectivity index (χ1n) is 7.95. The van der Waals surface area contributed by atoms with Crippen LogP contribution >= 0.6 is 0 Å². The van der Waals surface area contributed by atoms with Gasteiger partial charge < -0.3 is 15.8 Å². The largest absolute Gasteiger partial charge is 0.495 e. The van der Waals surface area contributed by atoms with Crippen molar-refractivity contribution in [3.05, 3.63) is 18.2 Å². The van der Waals surface area contributed by atoms with Crippen LogP contribution in [0.1, 0.15) is 33.1 Å². The lowest BCUT2D eigenvalue weighted by molar-refractivity contribution is -0.120. The SMILES string of the molecule is COc1ccc(NC(=O)C(C)(C)N)cc1S(=O)(=O)N1CCCCC1. The Morgan fingerprint density at radius 3 is 2.42 bits per heavy atom. The van der Waals surface area contributed by atoms with Crippen LogP contribution in [0.25, 0.3) is 0 Å². The number of piperidine rings is 1. The second-order valence-electron chi connectivity index (χ2n) is 6.51. The van der Waals surface area contributed by atoms with Crippen molar-refractivity contribution in [2.45, 2.75) is 43.5 Å². The molecule has 0 bridgehead atoms. The van der Waals surface area contributed by atoms with E-state index in [4.69, 9.17) is 10.5 Å². The maximum absolute atomic E-state index is 12.9. The van der Waals surface area contributed by atoms with Gasteiger partial charge in [0.25, 0.3) is 0 Å². The van der Waals surface area contributed by atoms with Crippen LogP contribution in [0.2, 0.25) is 0 Å². The summed E-state index contributed by atoms with van der Waals surface area (Å²) in [6.45, 7) is 4.16. The maximum Gasteiger partial charge on any atom is 0.246 e. The quantitative estimate of drug-likeness (QED) is 0.834. The summed E-state index contributed by atoms with van der Waals surface area (Å²) in [5.74, 6) is -0.139. The number of nitrogens with two attached hydrogens (primary N) is 1. The van der Waals surface area contributed by atoms with Gasteiger partial charge in [0.15, 0.2) is 0 Å². The van der Waals surface area contributed by atoms with Gasteiger partial charge in [0.1, 0.15) is 10.6 Å². The van der Waals surface area contributed by atoms with Crippen LogP contribution in [-0.2, 0) is 14.8 Å². The minimum atomic E-state index is -3.67. The highest BCUT2D eigenvalue weighted by Gasteiger charge is 2.30. The second-order valence-corrected chi connectivity index (χ2v) is 8.41. The van der Waals surface area contributed by atoms with Gasteiger partial charge in [0, 0.05) is 18.8 Å². The Morgan fingerprint density at radius 2 is 1.88 bits per heavy atom. The Balaban J connectivity index is 2.37. The molecule has 0 atom stereocenters. The van der Waals surface area contributed by atoms with Crippen molar-refractivity contribution in [1.82, 2.24) is 4.31 Å². The highest BCUT2D eigenvalue weighted by Crippen LogP contribution is 2.31. The molecule has 1 fully saturated rings. The van der Waals surface area contributed by atoms with Gasteiger partial charge in [-0.15, -0.1) is 0 Å². The van der Waals surface area contributed by atoms with Crippen molar-refractivity contribution >= 4 is 21.6 Å². The molecular weight excluding hydrogens is 330 g/mol. The summed E-state index contributed by atoms with van der Waals surface area (Å²) >= 11 is 0. The molecule has 1 aliphatic heterocycles. The third kappa shape index (κ3) is 4.06. The Hall–Kier alpha value is -1.64. The molecule has 0 saturated carbocycles. The average Bonchev–Trinajstić information content (AvgIpc) is 2.54. The molecule has 1 aliphatic rings. The first-order valence-corrected chi connectivity index (χ1v) is 9.39. The van der Waals surface area contributed by atoms with Gasteiger partial charge in [-0.1, -0.05) is 6.42 Å². The molecule has 0 radical (unpaired) electrons. The van der Waals surface area contributed by atoms with Crippen LogP contribution in [0, 0.1) is 0 Å². The van der Waals surface area contributed by atoms with Gasteiger partial charge in [-0.25, -0.2) is 8.42 Å². The molecule has 24 heavy (non-hydrogen) atoms. The van der Waals surface area contributed by atoms with Crippen molar-refractivity contribution in [3.63, 3.8) is 0 Å². The molecule has 7 nitrogen and oxygen atoms in total. The third-order valence-corrected chi connectivity index (χ3v) is 5.86. The van der Waals surface area contributed by atoms with Crippen molar-refractivity contribution in [2.24, 2.45) is 5.73 Å². The summed E-state index contributed by atoms with van der Waals surface area (Å²) in [4.78, 5) is 12.1. The Labute approximate surface area is 143 Å². The number of ether oxygens (including phenoxy) is 1. The zero-order valence-corrected chi connectivity index (χ0v) is 15.1. The Bertz CT molecular complexity index is 705. The van der Waals surface area contributed by atoms with E-state index < -0.39 is 21.5 Å². The van der Waals surface area contributed by atoms with E-state index in [2.05, 4.69) is 5.32 Å². The summed E-state index contributed by atoms with van der Waals surface area (Å²) < 4.78 is 32.5. The number of carbonyl (C=O) groups excluding carboxylic acids is 1. The number of carbonyl (C=O) groups is 1. The van der Waals surface area contributed by atoms with Gasteiger partial charge >= 0.3 is 0 Å². The molecule has 134 valence electrons. The van der Waals surface area contributed by atoms with Crippen molar-refractivity contribution in [2.75, 3.05) is 25.5 Å². The molecule has 1 saturated heterocycles. The summed E-state index contributed by atoms with van der Waals surface area (Å²) in [5.41, 5.74) is 5.07. The monoisotopic (exact) mass is 355 g/mol. The minimum Gasteiger partial charge on any atom is -0.495 e. The number of amides is 1. The van der Waals surface area contributed by atoms with Gasteiger partial charge in [-0.05, 0) is 44.9 Å². The number of hydrogen-bond donors (Lipinski definition) is 2. The van der Waals surface area contributed by atoms with Crippen molar-refractivity contribution < 1.29 is 17.9 Å². The van der Waals surface area contributed by atoms with Crippen LogP contribution in [0.3, 0.4) is 0 Å². The summed E-state index contributed by atoms with van der Waals surface area (Å²) in [5, 5.41) is 2.65. The standard InChI is InChI=1S/C16H25N3O4S/c1-16(2,17)15(20)18-12-7-8-13(23-3)14(11-12)24(21,22)19-9-5-4-6-10-19/h7-8,11H,4-6,9-10,17H2,1-3H3,(H,18,20). The van der Waals surface area contributed by atoms with E-state index in [0.29, 0.717) is 18.8 Å². The summed E-state index contributed by atoms with van der Waals surface area (Å²) in [7, 11) is -2.25. The van der Waals surface area contributed by atoms with E-state index in [1.54, 1.807) is 19.9 Å². The van der Waals surface area contributed by atoms with Gasteiger partial charge in [-0.2, -0.15) is 4.31 Å². The molecule has 0 aromatic heterocycles. The molecule has 1 aromatic rings. The number of hydrogen-bond acceptors (Lipinski definition) is 5. The fraction of sp³-hybridized carbons (Fsp3) is 0.562. The van der Waals surface area contributed by atoms with E-state index >= 15 is 0 Å². The van der Waals surface area contributed by atoms with Crippen LogP contribution in [0.15, 0.2) is 23.1 Å². The number of sulfonamides is 1. The molecule has 0 aliphatic carbocycles. The summed E-state index contributed by atoms with van der Waals surface area (Å²) in [6.07, 6.45) is 2.73. The van der Waals surface area contributed by atoms with Crippen molar-refractivity contribution in [3.8, 4) is 5.75 Å². The van der Waals surface area contributed by atoms with Gasteiger partial charge in [0.05, 0.1) is 12.6 Å². The fourth-order valence-corrected chi connectivity index (χ4v) is 4.19. The zero-order chi connectivity index (χ0) is 18.0. The van der Waals surface area contributed by atoms with E-state index in [0.717, 1.165) is 19.3 Å². The first-order chi connectivity index (χ1) is 11.2.